The van der Waals surface area contributed by atoms with Gasteiger partial charge in [-0.05, 0) is 36.1 Å². The topological polar surface area (TPSA) is 82.2 Å². The molecule has 1 aliphatic carbocycles. The molecule has 170 valence electrons. The Kier molecular flexibility index (Phi) is 7.01. The number of carbonyl (C=O) groups excluding carboxylic acids is 1. The third-order valence-corrected chi connectivity index (χ3v) is 6.92. The summed E-state index contributed by atoms with van der Waals surface area (Å²) in [6, 6.07) is 17.0. The minimum Gasteiger partial charge on any atom is -0.375 e. The number of hydrogen-bond donors (Lipinski definition) is 2. The highest BCUT2D eigenvalue weighted by molar-refractivity contribution is 6.30. The van der Waals surface area contributed by atoms with Gasteiger partial charge in [0.15, 0.2) is 11.6 Å². The Balaban J connectivity index is 1.42. The largest absolute Gasteiger partial charge is 0.375 e. The van der Waals surface area contributed by atoms with Crippen LogP contribution in [-0.4, -0.2) is 53.0 Å². The summed E-state index contributed by atoms with van der Waals surface area (Å²) in [6.45, 7) is 2.65. The molecule has 1 amide bonds. The molecule has 1 saturated carbocycles. The Morgan fingerprint density at radius 3 is 2.34 bits per heavy atom. The zero-order valence-corrected chi connectivity index (χ0v) is 19.0. The maximum Gasteiger partial charge on any atom is 0.259 e. The molecule has 1 atom stereocenters. The summed E-state index contributed by atoms with van der Waals surface area (Å²) in [7, 11) is 0. The van der Waals surface area contributed by atoms with Gasteiger partial charge < -0.3 is 20.6 Å². The van der Waals surface area contributed by atoms with Gasteiger partial charge in [0.25, 0.3) is 5.91 Å². The van der Waals surface area contributed by atoms with Gasteiger partial charge in [0.2, 0.25) is 0 Å². The van der Waals surface area contributed by atoms with Crippen LogP contribution in [0.5, 0.6) is 0 Å². The van der Waals surface area contributed by atoms with Crippen molar-refractivity contribution in [3.8, 4) is 0 Å². The van der Waals surface area contributed by atoms with Crippen molar-refractivity contribution in [2.45, 2.75) is 37.8 Å². The standard InChI is InChI=1S/C25H31ClN4O2/c26-22-12-6-7-19(17-22)18-28-24(27)30-15-13-29(14-16-30)23(31)25(32,21-10-4-5-11-21)20-8-2-1-3-9-20/h1-3,6-9,12,17,21,32H,4-5,10-11,13-16,18H2,(H2,27,28). The van der Waals surface area contributed by atoms with Gasteiger partial charge in [0.1, 0.15) is 0 Å². The van der Waals surface area contributed by atoms with E-state index in [0.717, 1.165) is 31.2 Å². The van der Waals surface area contributed by atoms with Gasteiger partial charge in [-0.2, -0.15) is 0 Å². The lowest BCUT2D eigenvalue weighted by Crippen LogP contribution is -2.58. The molecule has 0 aromatic heterocycles. The molecule has 0 spiro atoms. The zero-order valence-electron chi connectivity index (χ0n) is 18.3. The van der Waals surface area contributed by atoms with Crippen LogP contribution in [0.4, 0.5) is 0 Å². The molecule has 1 unspecified atom stereocenters. The van der Waals surface area contributed by atoms with E-state index in [2.05, 4.69) is 4.99 Å². The van der Waals surface area contributed by atoms with Gasteiger partial charge in [-0.1, -0.05) is 66.9 Å². The van der Waals surface area contributed by atoms with Crippen molar-refractivity contribution in [2.24, 2.45) is 16.6 Å². The summed E-state index contributed by atoms with van der Waals surface area (Å²) < 4.78 is 0. The number of amides is 1. The lowest BCUT2D eigenvalue weighted by molar-refractivity contribution is -0.160. The Labute approximate surface area is 194 Å². The Bertz CT molecular complexity index is 953. The SMILES string of the molecule is NC(=NCc1cccc(Cl)c1)N1CCN(C(=O)C(O)(c2ccccc2)C2CCCC2)CC1. The number of nitrogens with zero attached hydrogens (tertiary/aromatic N) is 3. The second-order valence-electron chi connectivity index (χ2n) is 8.70. The van der Waals surface area contributed by atoms with E-state index in [1.807, 2.05) is 59.5 Å². The first-order valence-corrected chi connectivity index (χ1v) is 11.7. The number of hydrogen-bond acceptors (Lipinski definition) is 3. The molecule has 7 heteroatoms. The van der Waals surface area contributed by atoms with E-state index >= 15 is 0 Å². The highest BCUT2D eigenvalue weighted by atomic mass is 35.5. The van der Waals surface area contributed by atoms with Gasteiger partial charge in [-0.15, -0.1) is 0 Å². The van der Waals surface area contributed by atoms with Crippen molar-refractivity contribution >= 4 is 23.5 Å². The lowest BCUT2D eigenvalue weighted by atomic mass is 9.79. The fourth-order valence-electron chi connectivity index (χ4n) is 4.86. The fraction of sp³-hybridized carbons (Fsp3) is 0.440. The fourth-order valence-corrected chi connectivity index (χ4v) is 5.07. The highest BCUT2D eigenvalue weighted by Crippen LogP contribution is 2.42. The van der Waals surface area contributed by atoms with Crippen molar-refractivity contribution in [1.82, 2.24) is 9.80 Å². The van der Waals surface area contributed by atoms with Crippen molar-refractivity contribution in [3.05, 3.63) is 70.7 Å². The second-order valence-corrected chi connectivity index (χ2v) is 9.13. The predicted octanol–water partition coefficient (Wildman–Crippen LogP) is 3.38. The maximum atomic E-state index is 13.6. The summed E-state index contributed by atoms with van der Waals surface area (Å²) in [5, 5.41) is 12.4. The second kappa shape index (κ2) is 9.92. The number of piperazine rings is 1. The summed E-state index contributed by atoms with van der Waals surface area (Å²) in [5.74, 6) is 0.232. The Morgan fingerprint density at radius 2 is 1.69 bits per heavy atom. The normalized spacial score (nSPS) is 19.8. The van der Waals surface area contributed by atoms with Gasteiger partial charge in [-0.25, -0.2) is 4.99 Å². The molecule has 1 saturated heterocycles. The first kappa shape index (κ1) is 22.6. The van der Waals surface area contributed by atoms with Gasteiger partial charge in [-0.3, -0.25) is 4.79 Å². The van der Waals surface area contributed by atoms with Crippen LogP contribution in [0.1, 0.15) is 36.8 Å². The zero-order chi connectivity index (χ0) is 22.6. The van der Waals surface area contributed by atoms with Gasteiger partial charge in [0, 0.05) is 37.1 Å². The molecule has 1 aliphatic heterocycles. The minimum atomic E-state index is -1.47. The van der Waals surface area contributed by atoms with E-state index in [4.69, 9.17) is 17.3 Å². The molecule has 2 aromatic rings. The van der Waals surface area contributed by atoms with E-state index < -0.39 is 5.60 Å². The molecule has 0 bridgehead atoms. The van der Waals surface area contributed by atoms with Crippen LogP contribution in [-0.2, 0) is 16.9 Å². The number of rotatable bonds is 5. The number of halogens is 1. The Hall–Kier alpha value is -2.57. The van der Waals surface area contributed by atoms with Crippen LogP contribution in [0.15, 0.2) is 59.6 Å². The Morgan fingerprint density at radius 1 is 1.03 bits per heavy atom. The summed E-state index contributed by atoms with van der Waals surface area (Å²) in [5.41, 5.74) is 6.45. The average Bonchev–Trinajstić information content (AvgIpc) is 3.38. The number of nitrogens with two attached hydrogens (primary N) is 1. The average molecular weight is 455 g/mol. The van der Waals surface area contributed by atoms with Gasteiger partial charge >= 0.3 is 0 Å². The number of guanidine groups is 1. The summed E-state index contributed by atoms with van der Waals surface area (Å²) >= 11 is 6.03. The smallest absolute Gasteiger partial charge is 0.259 e. The van der Waals surface area contributed by atoms with E-state index in [0.29, 0.717) is 49.3 Å². The highest BCUT2D eigenvalue weighted by Gasteiger charge is 2.48. The van der Waals surface area contributed by atoms with Crippen LogP contribution in [0, 0.1) is 5.92 Å². The third kappa shape index (κ3) is 4.76. The molecule has 4 rings (SSSR count). The maximum absolute atomic E-state index is 13.6. The molecule has 32 heavy (non-hydrogen) atoms. The number of aliphatic imine (C=N–C) groups is 1. The number of carbonyl (C=O) groups is 1. The molecule has 2 aliphatic rings. The van der Waals surface area contributed by atoms with Crippen molar-refractivity contribution in [3.63, 3.8) is 0 Å². The third-order valence-electron chi connectivity index (χ3n) is 6.69. The molecule has 6 nitrogen and oxygen atoms in total. The molecule has 0 radical (unpaired) electrons. The summed E-state index contributed by atoms with van der Waals surface area (Å²) in [6.07, 6.45) is 3.86. The van der Waals surface area contributed by atoms with Gasteiger partial charge in [0.05, 0.1) is 6.54 Å². The quantitative estimate of drug-likeness (QED) is 0.536. The first-order chi connectivity index (χ1) is 15.5. The predicted molar refractivity (Wildman–Crippen MR) is 127 cm³/mol. The van der Waals surface area contributed by atoms with Crippen molar-refractivity contribution in [2.75, 3.05) is 26.2 Å². The van der Waals surface area contributed by atoms with E-state index in [9.17, 15) is 9.90 Å². The number of aliphatic hydroxyl groups is 1. The van der Waals surface area contributed by atoms with E-state index in [1.165, 1.54) is 0 Å². The van der Waals surface area contributed by atoms with E-state index in [-0.39, 0.29) is 11.8 Å². The molecular weight excluding hydrogens is 424 g/mol. The monoisotopic (exact) mass is 454 g/mol. The molecule has 3 N–H and O–H groups in total. The summed E-state index contributed by atoms with van der Waals surface area (Å²) in [4.78, 5) is 21.9. The molecular formula is C25H31ClN4O2. The van der Waals surface area contributed by atoms with Crippen molar-refractivity contribution < 1.29 is 9.90 Å². The van der Waals surface area contributed by atoms with Crippen LogP contribution < -0.4 is 5.73 Å². The van der Waals surface area contributed by atoms with Crippen molar-refractivity contribution in [1.29, 1.82) is 0 Å². The molecule has 2 fully saturated rings. The van der Waals surface area contributed by atoms with Crippen LogP contribution in [0.25, 0.3) is 0 Å². The first-order valence-electron chi connectivity index (χ1n) is 11.3. The lowest BCUT2D eigenvalue weighted by Gasteiger charge is -2.41. The number of benzene rings is 2. The molecule has 2 aromatic carbocycles. The minimum absolute atomic E-state index is 0.0419. The van der Waals surface area contributed by atoms with Crippen LogP contribution in [0.3, 0.4) is 0 Å². The van der Waals surface area contributed by atoms with Crippen LogP contribution >= 0.6 is 11.6 Å². The van der Waals surface area contributed by atoms with E-state index in [1.54, 1.807) is 4.90 Å². The van der Waals surface area contributed by atoms with Crippen LogP contribution in [0.2, 0.25) is 5.02 Å². The molecule has 1 heterocycles.